The molecule has 1 rings (SSSR count). The van der Waals surface area contributed by atoms with Gasteiger partial charge in [0.1, 0.15) is 0 Å². The minimum Gasteiger partial charge on any atom is -0.374 e. The number of hydrogen-bond acceptors (Lipinski definition) is 5. The van der Waals surface area contributed by atoms with E-state index in [-0.39, 0.29) is 5.41 Å². The molecule has 1 aliphatic heterocycles. The van der Waals surface area contributed by atoms with E-state index in [0.29, 0.717) is 39.1 Å². The molecular formula is C15H32O5Si. The van der Waals surface area contributed by atoms with Crippen LogP contribution < -0.4 is 0 Å². The number of ether oxygens (including phenoxy) is 2. The number of hydrogen-bond donors (Lipinski definition) is 0. The summed E-state index contributed by atoms with van der Waals surface area (Å²) >= 11 is 0. The highest BCUT2D eigenvalue weighted by molar-refractivity contribution is 6.60. The largest absolute Gasteiger partial charge is 0.501 e. The number of rotatable bonds is 9. The summed E-state index contributed by atoms with van der Waals surface area (Å²) in [6.07, 6.45) is 0.718. The van der Waals surface area contributed by atoms with Crippen molar-refractivity contribution in [3.8, 4) is 0 Å². The van der Waals surface area contributed by atoms with Gasteiger partial charge in [-0.25, -0.2) is 0 Å². The topological polar surface area (TPSA) is 46.2 Å². The Morgan fingerprint density at radius 2 is 1.29 bits per heavy atom. The molecule has 126 valence electrons. The Morgan fingerprint density at radius 1 is 0.857 bits per heavy atom. The maximum absolute atomic E-state index is 5.94. The van der Waals surface area contributed by atoms with Crippen molar-refractivity contribution in [2.75, 3.05) is 33.0 Å². The first-order valence-electron chi connectivity index (χ1n) is 8.00. The molecule has 0 saturated carbocycles. The van der Waals surface area contributed by atoms with E-state index >= 15 is 0 Å². The van der Waals surface area contributed by atoms with Crippen molar-refractivity contribution in [2.45, 2.75) is 59.8 Å². The fourth-order valence-electron chi connectivity index (χ4n) is 2.31. The summed E-state index contributed by atoms with van der Waals surface area (Å²) in [5.74, 6) is -0.570. The molecule has 0 atom stereocenters. The first-order chi connectivity index (χ1) is 9.80. The summed E-state index contributed by atoms with van der Waals surface area (Å²) < 4.78 is 29.5. The molecule has 5 nitrogen and oxygen atoms in total. The summed E-state index contributed by atoms with van der Waals surface area (Å²) in [6, 6.07) is 0.708. The molecule has 0 bridgehead atoms. The van der Waals surface area contributed by atoms with Gasteiger partial charge in [-0.3, -0.25) is 0 Å². The summed E-state index contributed by atoms with van der Waals surface area (Å²) in [7, 11) is -2.62. The Kier molecular flexibility index (Phi) is 7.29. The molecule has 0 aromatic carbocycles. The molecule has 0 amide bonds. The summed E-state index contributed by atoms with van der Waals surface area (Å²) in [5, 5.41) is 0. The molecule has 1 saturated heterocycles. The SMILES string of the molecule is CCO[Si](CCC1(C)OCC(C)(C)CO1)(OCC)OCC. The van der Waals surface area contributed by atoms with E-state index in [4.69, 9.17) is 22.8 Å². The van der Waals surface area contributed by atoms with Crippen LogP contribution in [0.5, 0.6) is 0 Å². The van der Waals surface area contributed by atoms with Gasteiger partial charge in [-0.2, -0.15) is 0 Å². The molecule has 1 fully saturated rings. The van der Waals surface area contributed by atoms with Crippen LogP contribution in [0.15, 0.2) is 0 Å². The van der Waals surface area contributed by atoms with Crippen LogP contribution in [0.4, 0.5) is 0 Å². The van der Waals surface area contributed by atoms with E-state index < -0.39 is 14.6 Å². The zero-order valence-electron chi connectivity index (χ0n) is 14.5. The van der Waals surface area contributed by atoms with Gasteiger partial charge in [0, 0.05) is 37.7 Å². The molecule has 0 unspecified atom stereocenters. The maximum Gasteiger partial charge on any atom is 0.501 e. The predicted octanol–water partition coefficient (Wildman–Crippen LogP) is 3.21. The molecule has 21 heavy (non-hydrogen) atoms. The van der Waals surface area contributed by atoms with Gasteiger partial charge in [0.05, 0.1) is 13.2 Å². The van der Waals surface area contributed by atoms with Gasteiger partial charge >= 0.3 is 8.80 Å². The average molecular weight is 321 g/mol. The Bertz CT molecular complexity index is 281. The average Bonchev–Trinajstić information content (AvgIpc) is 2.42. The van der Waals surface area contributed by atoms with E-state index in [1.807, 2.05) is 27.7 Å². The summed E-state index contributed by atoms with van der Waals surface area (Å²) in [6.45, 7) is 15.4. The zero-order chi connectivity index (χ0) is 16.0. The molecule has 1 aliphatic rings. The van der Waals surface area contributed by atoms with Crippen LogP contribution >= 0.6 is 0 Å². The Morgan fingerprint density at radius 3 is 1.67 bits per heavy atom. The lowest BCUT2D eigenvalue weighted by molar-refractivity contribution is -0.290. The van der Waals surface area contributed by atoms with Crippen LogP contribution in [0.2, 0.25) is 6.04 Å². The van der Waals surface area contributed by atoms with E-state index in [1.54, 1.807) is 0 Å². The van der Waals surface area contributed by atoms with Crippen molar-refractivity contribution in [3.05, 3.63) is 0 Å². The lowest BCUT2D eigenvalue weighted by Gasteiger charge is -2.42. The van der Waals surface area contributed by atoms with Crippen molar-refractivity contribution in [1.29, 1.82) is 0 Å². The molecular weight excluding hydrogens is 288 g/mol. The minimum absolute atomic E-state index is 0.0772. The van der Waals surface area contributed by atoms with Crippen LogP contribution in [0, 0.1) is 5.41 Å². The monoisotopic (exact) mass is 320 g/mol. The molecule has 0 aromatic heterocycles. The van der Waals surface area contributed by atoms with Crippen LogP contribution in [-0.2, 0) is 22.8 Å². The van der Waals surface area contributed by atoms with Gasteiger partial charge in [0.25, 0.3) is 0 Å². The van der Waals surface area contributed by atoms with Crippen molar-refractivity contribution < 1.29 is 22.8 Å². The second-order valence-corrected chi connectivity index (χ2v) is 9.09. The van der Waals surface area contributed by atoms with Crippen LogP contribution in [-0.4, -0.2) is 47.6 Å². The quantitative estimate of drug-likeness (QED) is 0.610. The molecule has 0 spiro atoms. The Labute approximate surface area is 130 Å². The van der Waals surface area contributed by atoms with E-state index in [2.05, 4.69) is 13.8 Å². The molecule has 6 heteroatoms. The molecule has 0 aromatic rings. The third-order valence-electron chi connectivity index (χ3n) is 3.51. The highest BCUT2D eigenvalue weighted by Crippen LogP contribution is 2.34. The van der Waals surface area contributed by atoms with E-state index in [0.717, 1.165) is 6.42 Å². The maximum atomic E-state index is 5.94. The van der Waals surface area contributed by atoms with Crippen molar-refractivity contribution in [2.24, 2.45) is 5.41 Å². The minimum atomic E-state index is -2.62. The first kappa shape index (κ1) is 19.1. The third-order valence-corrected chi connectivity index (χ3v) is 6.56. The van der Waals surface area contributed by atoms with Crippen LogP contribution in [0.25, 0.3) is 0 Å². The second-order valence-electron chi connectivity index (χ2n) is 6.36. The summed E-state index contributed by atoms with van der Waals surface area (Å²) in [4.78, 5) is 0. The lowest BCUT2D eigenvalue weighted by atomic mass is 9.94. The third kappa shape index (κ3) is 5.96. The van der Waals surface area contributed by atoms with Crippen molar-refractivity contribution in [3.63, 3.8) is 0 Å². The van der Waals surface area contributed by atoms with Crippen LogP contribution in [0.3, 0.4) is 0 Å². The summed E-state index contributed by atoms with van der Waals surface area (Å²) in [5.41, 5.74) is 0.0772. The predicted molar refractivity (Wildman–Crippen MR) is 84.1 cm³/mol. The second kappa shape index (κ2) is 8.03. The lowest BCUT2D eigenvalue weighted by Crippen LogP contribution is -2.50. The highest BCUT2D eigenvalue weighted by Gasteiger charge is 2.45. The molecule has 0 N–H and O–H groups in total. The Balaban J connectivity index is 2.63. The van der Waals surface area contributed by atoms with Gasteiger partial charge in [-0.05, 0) is 27.7 Å². The van der Waals surface area contributed by atoms with E-state index in [1.165, 1.54) is 0 Å². The van der Waals surface area contributed by atoms with Crippen molar-refractivity contribution in [1.82, 2.24) is 0 Å². The molecule has 0 aliphatic carbocycles. The Hall–Kier alpha value is 0.0169. The van der Waals surface area contributed by atoms with Gasteiger partial charge in [-0.1, -0.05) is 13.8 Å². The molecule has 0 radical (unpaired) electrons. The molecule has 1 heterocycles. The van der Waals surface area contributed by atoms with Crippen LogP contribution in [0.1, 0.15) is 48.0 Å². The zero-order valence-corrected chi connectivity index (χ0v) is 15.5. The van der Waals surface area contributed by atoms with Crippen molar-refractivity contribution >= 4 is 8.80 Å². The van der Waals surface area contributed by atoms with E-state index in [9.17, 15) is 0 Å². The highest BCUT2D eigenvalue weighted by atomic mass is 28.4. The van der Waals surface area contributed by atoms with Gasteiger partial charge in [0.2, 0.25) is 0 Å². The fraction of sp³-hybridized carbons (Fsp3) is 1.00. The standard InChI is InChI=1S/C15H32O5Si/c1-7-18-21(19-8-2,20-9-3)11-10-15(6)16-12-14(4,5)13-17-15/h7-13H2,1-6H3. The first-order valence-corrected chi connectivity index (χ1v) is 9.93. The fourth-order valence-corrected chi connectivity index (χ4v) is 5.07. The smallest absolute Gasteiger partial charge is 0.374 e. The van der Waals surface area contributed by atoms with Gasteiger partial charge < -0.3 is 22.8 Å². The van der Waals surface area contributed by atoms with Gasteiger partial charge in [-0.15, -0.1) is 0 Å². The van der Waals surface area contributed by atoms with Gasteiger partial charge in [0.15, 0.2) is 5.79 Å². The normalized spacial score (nSPS) is 21.4.